The van der Waals surface area contributed by atoms with E-state index in [4.69, 9.17) is 51.4 Å². The molecule has 3 aromatic rings. The van der Waals surface area contributed by atoms with Crippen molar-refractivity contribution < 1.29 is 14.3 Å². The molecule has 1 fully saturated rings. The number of fused-ring (bicyclic) bond motifs is 1. The highest BCUT2D eigenvalue weighted by Gasteiger charge is 2.35. The van der Waals surface area contributed by atoms with E-state index in [1.165, 1.54) is 16.7 Å². The predicted octanol–water partition coefficient (Wildman–Crippen LogP) is 7.33. The van der Waals surface area contributed by atoms with E-state index in [0.717, 1.165) is 5.57 Å². The molecule has 0 spiro atoms. The molecule has 0 saturated carbocycles. The number of hydrogen-bond acceptors (Lipinski definition) is 7. The number of phenolic OH excluding ortho intramolecular Hbond substituents is 1. The van der Waals surface area contributed by atoms with Gasteiger partial charge < -0.3 is 19.8 Å². The molecule has 5 rings (SSSR count). The summed E-state index contributed by atoms with van der Waals surface area (Å²) in [5.74, 6) is -2.09. The topological polar surface area (TPSA) is 106 Å². The van der Waals surface area contributed by atoms with Crippen LogP contribution in [-0.2, 0) is 4.79 Å². The van der Waals surface area contributed by atoms with Crippen molar-refractivity contribution in [2.24, 2.45) is 5.92 Å². The van der Waals surface area contributed by atoms with E-state index in [-0.39, 0.29) is 56.4 Å². The first-order valence-corrected chi connectivity index (χ1v) is 16.2. The van der Waals surface area contributed by atoms with Crippen LogP contribution >= 0.6 is 46.4 Å². The summed E-state index contributed by atoms with van der Waals surface area (Å²) >= 11 is 25.6. The van der Waals surface area contributed by atoms with Gasteiger partial charge >= 0.3 is 0 Å². The molecule has 0 aliphatic carbocycles. The number of pyridine rings is 2. The van der Waals surface area contributed by atoms with Gasteiger partial charge in [0.15, 0.2) is 11.6 Å². The minimum atomic E-state index is -1.13. The maximum atomic E-state index is 15.1. The van der Waals surface area contributed by atoms with Gasteiger partial charge in [0.05, 0.1) is 38.2 Å². The lowest BCUT2D eigenvalue weighted by molar-refractivity contribution is -0.128. The van der Waals surface area contributed by atoms with Crippen LogP contribution < -0.4 is 10.5 Å². The fourth-order valence-corrected chi connectivity index (χ4v) is 7.60. The van der Waals surface area contributed by atoms with Crippen LogP contribution in [0.15, 0.2) is 41.4 Å². The molecular formula is C33H31Cl4FN6O3. The molecule has 1 aromatic carbocycles. The van der Waals surface area contributed by atoms with Gasteiger partial charge in [0.1, 0.15) is 22.3 Å². The Hall–Kier alpha value is -3.75. The first kappa shape index (κ1) is 34.6. The van der Waals surface area contributed by atoms with Crippen molar-refractivity contribution in [3.05, 3.63) is 78.4 Å². The molecule has 1 amide bonds. The number of aromatic nitrogens is 2. The number of nitriles is 1. The summed E-state index contributed by atoms with van der Waals surface area (Å²) in [7, 11) is 1.89. The largest absolute Gasteiger partial charge is 0.505 e. The van der Waals surface area contributed by atoms with Crippen LogP contribution in [0.3, 0.4) is 0 Å². The zero-order valence-electron chi connectivity index (χ0n) is 26.2. The zero-order chi connectivity index (χ0) is 34.6. The number of carbonyl (C=O) groups is 1. The van der Waals surface area contributed by atoms with Gasteiger partial charge in [-0.05, 0) is 49.8 Å². The Kier molecular flexibility index (Phi) is 9.59. The Labute approximate surface area is 291 Å². The average molecular weight is 720 g/mol. The van der Waals surface area contributed by atoms with Gasteiger partial charge in [-0.3, -0.25) is 14.2 Å². The molecule has 1 N–H and O–H groups in total. The highest BCUT2D eigenvalue weighted by molar-refractivity contribution is 6.44. The number of nitrogens with zero attached hydrogens (tertiary/aromatic N) is 6. The summed E-state index contributed by atoms with van der Waals surface area (Å²) in [6.07, 6.45) is 5.02. The fraction of sp³-hybridized carbons (Fsp3) is 0.333. The second-order valence-electron chi connectivity index (χ2n) is 11.9. The Balaban J connectivity index is 1.92. The normalized spacial score (nSPS) is 18.4. The molecule has 2 atom stereocenters. The molecule has 0 radical (unpaired) electrons. The molecule has 14 heteroatoms. The molecule has 47 heavy (non-hydrogen) atoms. The van der Waals surface area contributed by atoms with Gasteiger partial charge in [-0.25, -0.2) is 9.37 Å². The number of amides is 1. The van der Waals surface area contributed by atoms with Crippen LogP contribution in [0.25, 0.3) is 28.0 Å². The van der Waals surface area contributed by atoms with Crippen molar-refractivity contribution in [1.82, 2.24) is 19.4 Å². The number of benzene rings is 1. The Morgan fingerprint density at radius 2 is 1.89 bits per heavy atom. The third-order valence-electron chi connectivity index (χ3n) is 8.62. The second-order valence-corrected chi connectivity index (χ2v) is 13.5. The molecule has 1 saturated heterocycles. The quantitative estimate of drug-likeness (QED) is 0.167. The summed E-state index contributed by atoms with van der Waals surface area (Å²) in [6.45, 7) is 12.2. The number of aromatic hydroxyl groups is 1. The predicted molar refractivity (Wildman–Crippen MR) is 186 cm³/mol. The number of piperazine rings is 1. The number of rotatable bonds is 5. The van der Waals surface area contributed by atoms with E-state index < -0.39 is 27.2 Å². The molecule has 9 nitrogen and oxygen atoms in total. The van der Waals surface area contributed by atoms with Crippen molar-refractivity contribution >= 4 is 74.7 Å². The lowest BCUT2D eigenvalue weighted by Gasteiger charge is -2.41. The Morgan fingerprint density at radius 1 is 1.21 bits per heavy atom. The summed E-state index contributed by atoms with van der Waals surface area (Å²) < 4.78 is 16.5. The minimum Gasteiger partial charge on any atom is -0.505 e. The standard InChI is InChI=1S/C33H31Cl4FN6O3/c1-7-21(45)43-11-10-42(14-17(43)5)30-18-12-20(34)27(22-23(35)26(38)25(37)31(46)24(22)36)40-32(18)44(33(47)19(30)13-39)29-16(4)8-9-41(6)28(29)15(2)3/h7-9,12,15,17,28,46H,1,10-11,14H2,2-6H3/t17-,28?/m1/s1. The van der Waals surface area contributed by atoms with Gasteiger partial charge in [-0.2, -0.15) is 5.26 Å². The fourth-order valence-electron chi connectivity index (χ4n) is 6.46. The number of phenols is 1. The van der Waals surface area contributed by atoms with Gasteiger partial charge in [0.2, 0.25) is 5.91 Å². The highest BCUT2D eigenvalue weighted by Crippen LogP contribution is 2.48. The number of halogens is 5. The van der Waals surface area contributed by atoms with E-state index >= 15 is 4.39 Å². The Morgan fingerprint density at radius 3 is 2.49 bits per heavy atom. The summed E-state index contributed by atoms with van der Waals surface area (Å²) in [6, 6.07) is 3.06. The highest BCUT2D eigenvalue weighted by atomic mass is 35.5. The minimum absolute atomic E-state index is 0.0105. The average Bonchev–Trinajstić information content (AvgIpc) is 3.03. The van der Waals surface area contributed by atoms with Crippen molar-refractivity contribution in [3.63, 3.8) is 0 Å². The maximum Gasteiger partial charge on any atom is 0.276 e. The van der Waals surface area contributed by atoms with E-state index in [0.29, 0.717) is 36.4 Å². The summed E-state index contributed by atoms with van der Waals surface area (Å²) in [4.78, 5) is 37.4. The molecule has 1 unspecified atom stereocenters. The van der Waals surface area contributed by atoms with Crippen LogP contribution in [0.1, 0.15) is 33.3 Å². The van der Waals surface area contributed by atoms with Crippen LogP contribution in [-0.4, -0.2) is 69.1 Å². The van der Waals surface area contributed by atoms with Crippen LogP contribution in [0.5, 0.6) is 5.75 Å². The maximum absolute atomic E-state index is 15.1. The van der Waals surface area contributed by atoms with Gasteiger partial charge in [-0.15, -0.1) is 0 Å². The molecule has 4 heterocycles. The van der Waals surface area contributed by atoms with Gasteiger partial charge in [-0.1, -0.05) is 66.8 Å². The Bertz CT molecular complexity index is 1990. The molecule has 2 aliphatic heterocycles. The molecule has 2 aromatic heterocycles. The molecule has 246 valence electrons. The van der Waals surface area contributed by atoms with Crippen molar-refractivity contribution in [1.29, 1.82) is 5.26 Å². The van der Waals surface area contributed by atoms with Crippen molar-refractivity contribution in [2.45, 2.75) is 39.8 Å². The summed E-state index contributed by atoms with van der Waals surface area (Å²) in [5.41, 5.74) is 0.649. The second kappa shape index (κ2) is 13.0. The first-order chi connectivity index (χ1) is 22.2. The monoisotopic (exact) mass is 718 g/mol. The van der Waals surface area contributed by atoms with Gasteiger partial charge in [0.25, 0.3) is 5.56 Å². The van der Waals surface area contributed by atoms with Gasteiger partial charge in [0, 0.05) is 43.7 Å². The first-order valence-electron chi connectivity index (χ1n) is 14.7. The molecule has 2 aliphatic rings. The number of allylic oxidation sites excluding steroid dienone is 2. The number of carbonyl (C=O) groups excluding carboxylic acids is 1. The number of hydrogen-bond donors (Lipinski definition) is 1. The van der Waals surface area contributed by atoms with E-state index in [9.17, 15) is 20.0 Å². The lowest BCUT2D eigenvalue weighted by atomic mass is 9.93. The van der Waals surface area contributed by atoms with E-state index in [1.54, 1.807) is 4.90 Å². The van der Waals surface area contributed by atoms with Crippen molar-refractivity contribution in [3.8, 4) is 23.1 Å². The number of likely N-dealkylation sites (N-methyl/N-ethyl adjacent to an activating group) is 1. The van der Waals surface area contributed by atoms with Crippen LogP contribution in [0.2, 0.25) is 20.1 Å². The molecule has 0 bridgehead atoms. The zero-order valence-corrected chi connectivity index (χ0v) is 29.2. The van der Waals surface area contributed by atoms with E-state index in [2.05, 4.69) is 12.6 Å². The third kappa shape index (κ3) is 5.63. The van der Waals surface area contributed by atoms with Crippen LogP contribution in [0, 0.1) is 23.1 Å². The van der Waals surface area contributed by atoms with Crippen molar-refractivity contribution in [2.75, 3.05) is 31.6 Å². The van der Waals surface area contributed by atoms with E-state index in [1.807, 2.05) is 56.8 Å². The SMILES string of the molecule is C=CC(=O)N1CCN(c2c(C#N)c(=O)n(C3=C(C)C=CN(C)C3C(C)C)c3nc(-c4c(Cl)c(O)c(Cl)c(F)c4Cl)c(Cl)cc23)C[C@H]1C. The molecular weight excluding hydrogens is 689 g/mol. The third-order valence-corrected chi connectivity index (χ3v) is 9.98. The number of anilines is 1. The summed E-state index contributed by atoms with van der Waals surface area (Å²) in [5, 5.41) is 19.8. The lowest BCUT2D eigenvalue weighted by Crippen LogP contribution is -2.54. The van der Waals surface area contributed by atoms with Crippen LogP contribution in [0.4, 0.5) is 10.1 Å². The smallest absolute Gasteiger partial charge is 0.276 e.